The second-order valence-electron chi connectivity index (χ2n) is 5.60. The molecule has 3 aromatic rings. The van der Waals surface area contributed by atoms with E-state index in [4.69, 9.17) is 5.11 Å². The lowest BCUT2D eigenvalue weighted by molar-refractivity contribution is 0.0696. The van der Waals surface area contributed by atoms with E-state index in [1.807, 2.05) is 19.1 Å². The number of rotatable bonds is 4. The molecule has 0 radical (unpaired) electrons. The Morgan fingerprint density at radius 2 is 1.92 bits per heavy atom. The van der Waals surface area contributed by atoms with Gasteiger partial charge in [0.15, 0.2) is 0 Å². The number of fused-ring (bicyclic) bond motifs is 1. The molecular formula is C18H16N4O3. The Balaban J connectivity index is 1.76. The number of amides is 1. The van der Waals surface area contributed by atoms with Gasteiger partial charge in [0, 0.05) is 6.20 Å². The van der Waals surface area contributed by atoms with Crippen LogP contribution in [0, 0.1) is 13.8 Å². The molecule has 2 aromatic heterocycles. The minimum absolute atomic E-state index is 0.192. The minimum atomic E-state index is -0.991. The van der Waals surface area contributed by atoms with E-state index in [1.165, 1.54) is 18.3 Å². The number of nitrogens with zero attached hydrogens (tertiary/aromatic N) is 3. The van der Waals surface area contributed by atoms with Gasteiger partial charge in [-0.2, -0.15) is 5.10 Å². The third-order valence-electron chi connectivity index (χ3n) is 3.71. The summed E-state index contributed by atoms with van der Waals surface area (Å²) in [7, 11) is 0. The van der Waals surface area contributed by atoms with Crippen LogP contribution in [0.4, 0.5) is 0 Å². The summed E-state index contributed by atoms with van der Waals surface area (Å²) in [6.45, 7) is 3.73. The number of aromatic carboxylic acids is 1. The SMILES string of the molecule is Cc1ccn2c(C(=O)N/N=C/c3ccc(C(=O)O)cc3)c(C)nc2c1. The number of carbonyl (C=O) groups is 2. The molecule has 0 saturated carbocycles. The molecule has 2 heterocycles. The van der Waals surface area contributed by atoms with Gasteiger partial charge in [0.1, 0.15) is 11.3 Å². The van der Waals surface area contributed by atoms with Crippen LogP contribution in [-0.4, -0.2) is 32.6 Å². The third-order valence-corrected chi connectivity index (χ3v) is 3.71. The Morgan fingerprint density at radius 1 is 1.20 bits per heavy atom. The van der Waals surface area contributed by atoms with Crippen LogP contribution in [0.3, 0.4) is 0 Å². The summed E-state index contributed by atoms with van der Waals surface area (Å²) >= 11 is 0. The Hall–Kier alpha value is -3.48. The van der Waals surface area contributed by atoms with Crippen LogP contribution in [0.2, 0.25) is 0 Å². The van der Waals surface area contributed by atoms with Crippen LogP contribution in [0.15, 0.2) is 47.7 Å². The molecule has 3 rings (SSSR count). The van der Waals surface area contributed by atoms with Gasteiger partial charge < -0.3 is 5.11 Å². The van der Waals surface area contributed by atoms with E-state index in [2.05, 4.69) is 15.5 Å². The van der Waals surface area contributed by atoms with E-state index >= 15 is 0 Å². The molecule has 0 aliphatic rings. The number of aryl methyl sites for hydroxylation is 2. The van der Waals surface area contributed by atoms with Crippen LogP contribution in [0.25, 0.3) is 5.65 Å². The maximum atomic E-state index is 12.4. The Morgan fingerprint density at radius 3 is 2.60 bits per heavy atom. The van der Waals surface area contributed by atoms with Gasteiger partial charge in [-0.3, -0.25) is 9.20 Å². The van der Waals surface area contributed by atoms with E-state index in [9.17, 15) is 9.59 Å². The fraction of sp³-hybridized carbons (Fsp3) is 0.111. The molecular weight excluding hydrogens is 320 g/mol. The number of pyridine rings is 1. The van der Waals surface area contributed by atoms with Gasteiger partial charge >= 0.3 is 5.97 Å². The third kappa shape index (κ3) is 3.40. The lowest BCUT2D eigenvalue weighted by atomic mass is 10.1. The van der Waals surface area contributed by atoms with Crippen molar-refractivity contribution in [1.29, 1.82) is 0 Å². The van der Waals surface area contributed by atoms with Gasteiger partial charge in [0.25, 0.3) is 5.91 Å². The van der Waals surface area contributed by atoms with E-state index in [0.29, 0.717) is 22.6 Å². The maximum absolute atomic E-state index is 12.4. The number of carboxylic acid groups (broad SMARTS) is 1. The van der Waals surface area contributed by atoms with Crippen molar-refractivity contribution in [3.63, 3.8) is 0 Å². The number of imidazole rings is 1. The molecule has 0 unspecified atom stereocenters. The molecule has 126 valence electrons. The highest BCUT2D eigenvalue weighted by atomic mass is 16.4. The molecule has 0 aliphatic carbocycles. The molecule has 1 aromatic carbocycles. The average molecular weight is 336 g/mol. The highest BCUT2D eigenvalue weighted by Gasteiger charge is 2.15. The summed E-state index contributed by atoms with van der Waals surface area (Å²) in [6, 6.07) is 9.98. The predicted octanol–water partition coefficient (Wildman–Crippen LogP) is 2.41. The monoisotopic (exact) mass is 336 g/mol. The first kappa shape index (κ1) is 16.4. The molecule has 1 amide bonds. The summed E-state index contributed by atoms with van der Waals surface area (Å²) in [6.07, 6.45) is 3.25. The van der Waals surface area contributed by atoms with Gasteiger partial charge in [-0.25, -0.2) is 15.2 Å². The second-order valence-corrected chi connectivity index (χ2v) is 5.60. The summed E-state index contributed by atoms with van der Waals surface area (Å²) in [5, 5.41) is 12.8. The Kier molecular flexibility index (Phi) is 4.30. The maximum Gasteiger partial charge on any atom is 0.335 e. The lowest BCUT2D eigenvalue weighted by Crippen LogP contribution is -2.20. The van der Waals surface area contributed by atoms with Crippen LogP contribution >= 0.6 is 0 Å². The molecule has 0 spiro atoms. The van der Waals surface area contributed by atoms with Crippen LogP contribution in [-0.2, 0) is 0 Å². The summed E-state index contributed by atoms with van der Waals surface area (Å²) in [5.74, 6) is -1.36. The van der Waals surface area contributed by atoms with E-state index in [0.717, 1.165) is 5.56 Å². The Bertz CT molecular complexity index is 987. The highest BCUT2D eigenvalue weighted by molar-refractivity contribution is 5.95. The number of benzene rings is 1. The molecule has 7 heteroatoms. The van der Waals surface area contributed by atoms with Crippen molar-refractivity contribution < 1.29 is 14.7 Å². The van der Waals surface area contributed by atoms with E-state index in [-0.39, 0.29) is 11.5 Å². The summed E-state index contributed by atoms with van der Waals surface area (Å²) in [4.78, 5) is 27.6. The summed E-state index contributed by atoms with van der Waals surface area (Å²) in [5.41, 5.74) is 6.15. The number of carbonyl (C=O) groups excluding carboxylic acids is 1. The predicted molar refractivity (Wildman–Crippen MR) is 93.1 cm³/mol. The number of hydrogen-bond donors (Lipinski definition) is 2. The molecule has 2 N–H and O–H groups in total. The molecule has 7 nitrogen and oxygen atoms in total. The molecule has 0 bridgehead atoms. The zero-order valence-corrected chi connectivity index (χ0v) is 13.7. The van der Waals surface area contributed by atoms with Gasteiger partial charge in [-0.05, 0) is 49.2 Å². The molecule has 0 saturated heterocycles. The topological polar surface area (TPSA) is 96.1 Å². The lowest BCUT2D eigenvalue weighted by Gasteiger charge is -2.02. The van der Waals surface area contributed by atoms with Gasteiger partial charge in [-0.1, -0.05) is 12.1 Å². The highest BCUT2D eigenvalue weighted by Crippen LogP contribution is 2.13. The number of aromatic nitrogens is 2. The fourth-order valence-electron chi connectivity index (χ4n) is 2.47. The van der Waals surface area contributed by atoms with Gasteiger partial charge in [0.05, 0.1) is 17.5 Å². The molecule has 0 aliphatic heterocycles. The molecule has 25 heavy (non-hydrogen) atoms. The first-order chi connectivity index (χ1) is 12.0. The van der Waals surface area contributed by atoms with Crippen molar-refractivity contribution in [2.45, 2.75) is 13.8 Å². The van der Waals surface area contributed by atoms with Crippen molar-refractivity contribution in [2.75, 3.05) is 0 Å². The first-order valence-corrected chi connectivity index (χ1v) is 7.58. The Labute approximate surface area is 143 Å². The zero-order chi connectivity index (χ0) is 18.0. The van der Waals surface area contributed by atoms with Gasteiger partial charge in [0.2, 0.25) is 0 Å². The number of nitrogens with one attached hydrogen (secondary N) is 1. The van der Waals surface area contributed by atoms with Crippen LogP contribution < -0.4 is 5.43 Å². The van der Waals surface area contributed by atoms with Crippen molar-refractivity contribution in [2.24, 2.45) is 5.10 Å². The quantitative estimate of drug-likeness (QED) is 0.565. The number of hydrazone groups is 1. The van der Waals surface area contributed by atoms with Crippen molar-refractivity contribution in [1.82, 2.24) is 14.8 Å². The number of hydrogen-bond acceptors (Lipinski definition) is 4. The smallest absolute Gasteiger partial charge is 0.335 e. The van der Waals surface area contributed by atoms with Crippen molar-refractivity contribution >= 4 is 23.7 Å². The normalized spacial score (nSPS) is 11.1. The first-order valence-electron chi connectivity index (χ1n) is 7.58. The minimum Gasteiger partial charge on any atom is -0.478 e. The van der Waals surface area contributed by atoms with Crippen molar-refractivity contribution in [3.8, 4) is 0 Å². The molecule has 0 fully saturated rings. The fourth-order valence-corrected chi connectivity index (χ4v) is 2.47. The van der Waals surface area contributed by atoms with E-state index < -0.39 is 5.97 Å². The summed E-state index contributed by atoms with van der Waals surface area (Å²) < 4.78 is 1.72. The zero-order valence-electron chi connectivity index (χ0n) is 13.7. The average Bonchev–Trinajstić information content (AvgIpc) is 2.90. The van der Waals surface area contributed by atoms with Crippen LogP contribution in [0.5, 0.6) is 0 Å². The number of carboxylic acids is 1. The van der Waals surface area contributed by atoms with Gasteiger partial charge in [-0.15, -0.1) is 0 Å². The second kappa shape index (κ2) is 6.56. The standard InChI is InChI=1S/C18H16N4O3/c1-11-7-8-22-15(9-11)20-12(2)16(22)17(23)21-19-10-13-3-5-14(6-4-13)18(24)25/h3-10H,1-2H3,(H,21,23)(H,24,25)/b19-10+. The largest absolute Gasteiger partial charge is 0.478 e. The molecule has 0 atom stereocenters. The van der Waals surface area contributed by atoms with Crippen molar-refractivity contribution in [3.05, 3.63) is 70.7 Å². The van der Waals surface area contributed by atoms with Crippen LogP contribution in [0.1, 0.15) is 37.7 Å². The van der Waals surface area contributed by atoms with E-state index in [1.54, 1.807) is 29.7 Å².